The Morgan fingerprint density at radius 1 is 1.10 bits per heavy atom. The second-order valence-corrected chi connectivity index (χ2v) is 5.66. The molecule has 4 heteroatoms. The number of halogens is 2. The molecule has 0 aliphatic heterocycles. The lowest BCUT2D eigenvalue weighted by Gasteiger charge is -2.16. The van der Waals surface area contributed by atoms with Gasteiger partial charge in [-0.2, -0.15) is 0 Å². The highest BCUT2D eigenvalue weighted by atomic mass is 79.9. The minimum atomic E-state index is -0.112. The van der Waals surface area contributed by atoms with Crippen LogP contribution in [0.25, 0.3) is 0 Å². The van der Waals surface area contributed by atoms with Crippen molar-refractivity contribution in [3.8, 4) is 0 Å². The first-order valence-electron chi connectivity index (χ1n) is 6.36. The third-order valence-electron chi connectivity index (χ3n) is 2.96. The van der Waals surface area contributed by atoms with Gasteiger partial charge in [0.25, 0.3) is 5.91 Å². The van der Waals surface area contributed by atoms with Gasteiger partial charge >= 0.3 is 0 Å². The topological polar surface area (TPSA) is 29.1 Å². The highest BCUT2D eigenvalue weighted by molar-refractivity contribution is 9.10. The first-order valence-corrected chi connectivity index (χ1v) is 7.68. The molecule has 1 N–H and O–H groups in total. The third-order valence-corrected chi connectivity index (χ3v) is 4.03. The minimum absolute atomic E-state index is 0.0846. The Kier molecular flexibility index (Phi) is 5.62. The van der Waals surface area contributed by atoms with E-state index >= 15 is 0 Å². The van der Waals surface area contributed by atoms with E-state index in [4.69, 9.17) is 11.6 Å². The maximum atomic E-state index is 12.2. The van der Waals surface area contributed by atoms with Crippen LogP contribution in [0.2, 0.25) is 0 Å². The Labute approximate surface area is 132 Å². The van der Waals surface area contributed by atoms with E-state index in [9.17, 15) is 4.79 Å². The lowest BCUT2D eigenvalue weighted by Crippen LogP contribution is -2.37. The lowest BCUT2D eigenvalue weighted by molar-refractivity contribution is 0.0940. The fourth-order valence-electron chi connectivity index (χ4n) is 1.95. The molecule has 2 nitrogen and oxygen atoms in total. The summed E-state index contributed by atoms with van der Waals surface area (Å²) < 4.78 is 0.783. The molecule has 0 bridgehead atoms. The van der Waals surface area contributed by atoms with Crippen LogP contribution in [0.1, 0.15) is 15.9 Å². The molecule has 0 saturated carbocycles. The first-order chi connectivity index (χ1) is 9.70. The van der Waals surface area contributed by atoms with Gasteiger partial charge in [0, 0.05) is 16.4 Å². The summed E-state index contributed by atoms with van der Waals surface area (Å²) in [6.45, 7) is 0. The van der Waals surface area contributed by atoms with E-state index in [-0.39, 0.29) is 11.9 Å². The van der Waals surface area contributed by atoms with Crippen LogP contribution < -0.4 is 5.32 Å². The number of nitrogens with one attached hydrogen (secondary N) is 1. The molecule has 0 saturated heterocycles. The molecule has 0 aliphatic rings. The summed E-state index contributed by atoms with van der Waals surface area (Å²) in [5, 5.41) is 2.97. The highest BCUT2D eigenvalue weighted by Crippen LogP contribution is 2.16. The smallest absolute Gasteiger partial charge is 0.252 e. The maximum Gasteiger partial charge on any atom is 0.252 e. The number of amides is 1. The molecule has 0 aromatic heterocycles. The molecular formula is C16H15BrClNO. The standard InChI is InChI=1S/C16H15BrClNO/c17-15-9-5-4-8-14(15)16(20)19-13(11-18)10-12-6-2-1-3-7-12/h1-9,13H,10-11H2,(H,19,20). The van der Waals surface area contributed by atoms with Gasteiger partial charge in [-0.05, 0) is 40.0 Å². The van der Waals surface area contributed by atoms with Crippen molar-refractivity contribution in [2.24, 2.45) is 0 Å². The van der Waals surface area contributed by atoms with Gasteiger partial charge in [0.2, 0.25) is 0 Å². The molecule has 0 aliphatic carbocycles. The number of rotatable bonds is 5. The monoisotopic (exact) mass is 351 g/mol. The molecule has 104 valence electrons. The van der Waals surface area contributed by atoms with Crippen LogP contribution in [0.4, 0.5) is 0 Å². The van der Waals surface area contributed by atoms with Crippen molar-refractivity contribution >= 4 is 33.4 Å². The average molecular weight is 353 g/mol. The Balaban J connectivity index is 2.03. The summed E-state index contributed by atoms with van der Waals surface area (Å²) in [4.78, 5) is 12.2. The number of benzene rings is 2. The molecule has 2 aromatic carbocycles. The minimum Gasteiger partial charge on any atom is -0.348 e. The zero-order valence-corrected chi connectivity index (χ0v) is 13.2. The van der Waals surface area contributed by atoms with Crippen molar-refractivity contribution in [2.75, 3.05) is 5.88 Å². The summed E-state index contributed by atoms with van der Waals surface area (Å²) in [6, 6.07) is 17.3. The molecule has 1 unspecified atom stereocenters. The predicted octanol–water partition coefficient (Wildman–Crippen LogP) is 4.03. The van der Waals surface area contributed by atoms with E-state index in [0.29, 0.717) is 11.4 Å². The van der Waals surface area contributed by atoms with E-state index in [1.807, 2.05) is 48.5 Å². The molecule has 2 rings (SSSR count). The van der Waals surface area contributed by atoms with Gasteiger partial charge < -0.3 is 5.32 Å². The molecular weight excluding hydrogens is 338 g/mol. The summed E-state index contributed by atoms with van der Waals surface area (Å²) in [5.41, 5.74) is 1.78. The average Bonchev–Trinajstić information content (AvgIpc) is 2.48. The van der Waals surface area contributed by atoms with Gasteiger partial charge in [-0.1, -0.05) is 42.5 Å². The third kappa shape index (κ3) is 4.09. The first kappa shape index (κ1) is 15.1. The fraction of sp³-hybridized carbons (Fsp3) is 0.188. The molecule has 0 fully saturated rings. The van der Waals surface area contributed by atoms with E-state index in [0.717, 1.165) is 16.5 Å². The van der Waals surface area contributed by atoms with Crippen LogP contribution >= 0.6 is 27.5 Å². The van der Waals surface area contributed by atoms with E-state index < -0.39 is 0 Å². The van der Waals surface area contributed by atoms with Gasteiger partial charge in [-0.3, -0.25) is 4.79 Å². The molecule has 20 heavy (non-hydrogen) atoms. The molecule has 0 radical (unpaired) electrons. The van der Waals surface area contributed by atoms with E-state index in [1.165, 1.54) is 0 Å². The van der Waals surface area contributed by atoms with Crippen LogP contribution in [0.5, 0.6) is 0 Å². The Bertz CT molecular complexity index is 574. The fourth-order valence-corrected chi connectivity index (χ4v) is 2.60. The summed E-state index contributed by atoms with van der Waals surface area (Å²) in [7, 11) is 0. The Hall–Kier alpha value is -1.32. The molecule has 1 atom stereocenters. The Morgan fingerprint density at radius 2 is 1.75 bits per heavy atom. The van der Waals surface area contributed by atoms with Crippen LogP contribution in [0.3, 0.4) is 0 Å². The molecule has 0 spiro atoms. The summed E-state index contributed by atoms with van der Waals surface area (Å²) in [5.74, 6) is 0.268. The predicted molar refractivity (Wildman–Crippen MR) is 86.3 cm³/mol. The highest BCUT2D eigenvalue weighted by Gasteiger charge is 2.15. The van der Waals surface area contributed by atoms with Crippen molar-refractivity contribution in [1.82, 2.24) is 5.32 Å². The second-order valence-electron chi connectivity index (χ2n) is 4.49. The van der Waals surface area contributed by atoms with E-state index in [1.54, 1.807) is 6.07 Å². The van der Waals surface area contributed by atoms with E-state index in [2.05, 4.69) is 21.2 Å². The van der Waals surface area contributed by atoms with Crippen LogP contribution in [0, 0.1) is 0 Å². The Morgan fingerprint density at radius 3 is 2.40 bits per heavy atom. The zero-order chi connectivity index (χ0) is 14.4. The number of carbonyl (C=O) groups is 1. The normalized spacial score (nSPS) is 11.9. The number of hydrogen-bond acceptors (Lipinski definition) is 1. The van der Waals surface area contributed by atoms with Crippen molar-refractivity contribution in [3.63, 3.8) is 0 Å². The van der Waals surface area contributed by atoms with Gasteiger partial charge in [-0.15, -0.1) is 11.6 Å². The van der Waals surface area contributed by atoms with Crippen LogP contribution in [-0.4, -0.2) is 17.8 Å². The van der Waals surface area contributed by atoms with Gasteiger partial charge in [-0.25, -0.2) is 0 Å². The zero-order valence-electron chi connectivity index (χ0n) is 10.9. The quantitative estimate of drug-likeness (QED) is 0.809. The number of hydrogen-bond donors (Lipinski definition) is 1. The van der Waals surface area contributed by atoms with Gasteiger partial charge in [0.15, 0.2) is 0 Å². The molecule has 0 heterocycles. The van der Waals surface area contributed by atoms with Crippen molar-refractivity contribution in [1.29, 1.82) is 0 Å². The second kappa shape index (κ2) is 7.46. The lowest BCUT2D eigenvalue weighted by atomic mass is 10.1. The van der Waals surface area contributed by atoms with Gasteiger partial charge in [0.05, 0.1) is 5.56 Å². The van der Waals surface area contributed by atoms with Crippen LogP contribution in [-0.2, 0) is 6.42 Å². The summed E-state index contributed by atoms with van der Waals surface area (Å²) >= 11 is 9.34. The van der Waals surface area contributed by atoms with Crippen molar-refractivity contribution in [2.45, 2.75) is 12.5 Å². The van der Waals surface area contributed by atoms with Crippen molar-refractivity contribution in [3.05, 3.63) is 70.2 Å². The number of alkyl halides is 1. The number of carbonyl (C=O) groups excluding carboxylic acids is 1. The summed E-state index contributed by atoms with van der Waals surface area (Å²) in [6.07, 6.45) is 0.723. The van der Waals surface area contributed by atoms with Crippen molar-refractivity contribution < 1.29 is 4.79 Å². The SMILES string of the molecule is O=C(NC(CCl)Cc1ccccc1)c1ccccc1Br. The largest absolute Gasteiger partial charge is 0.348 e. The van der Waals surface area contributed by atoms with Crippen LogP contribution in [0.15, 0.2) is 59.1 Å². The molecule has 1 amide bonds. The molecule has 2 aromatic rings. The van der Waals surface area contributed by atoms with Gasteiger partial charge in [0.1, 0.15) is 0 Å². The maximum absolute atomic E-state index is 12.2.